The molecule has 1 saturated heterocycles. The number of nitrogens with zero attached hydrogens (tertiary/aromatic N) is 2. The second-order valence-corrected chi connectivity index (χ2v) is 8.93. The number of rotatable bonds is 5. The van der Waals surface area contributed by atoms with Crippen molar-refractivity contribution in [1.82, 2.24) is 9.80 Å². The van der Waals surface area contributed by atoms with Crippen LogP contribution in [0.15, 0.2) is 54.6 Å². The Kier molecular flexibility index (Phi) is 7.21. The summed E-state index contributed by atoms with van der Waals surface area (Å²) in [4.78, 5) is 29.0. The van der Waals surface area contributed by atoms with Gasteiger partial charge in [-0.2, -0.15) is 0 Å². The highest BCUT2D eigenvalue weighted by molar-refractivity contribution is 5.80. The molecule has 3 rings (SSSR count). The Labute approximate surface area is 184 Å². The fraction of sp³-hybridized carbons (Fsp3) is 0.440. The van der Waals surface area contributed by atoms with E-state index in [0.29, 0.717) is 18.8 Å². The number of benzene rings is 2. The predicted octanol–water partition coefficient (Wildman–Crippen LogP) is 4.88. The minimum atomic E-state index is -0.534. The quantitative estimate of drug-likeness (QED) is 0.686. The van der Waals surface area contributed by atoms with Crippen LogP contribution < -0.4 is 4.74 Å². The normalized spacial score (nSPS) is 16.5. The molecule has 2 aromatic rings. The minimum absolute atomic E-state index is 0.000139. The van der Waals surface area contributed by atoms with E-state index in [9.17, 15) is 9.59 Å². The van der Waals surface area contributed by atoms with Gasteiger partial charge >= 0.3 is 6.09 Å². The van der Waals surface area contributed by atoms with Crippen LogP contribution in [0.4, 0.5) is 4.79 Å². The molecule has 1 aliphatic rings. The van der Waals surface area contributed by atoms with Crippen LogP contribution in [0.1, 0.15) is 39.2 Å². The van der Waals surface area contributed by atoms with Crippen LogP contribution in [-0.4, -0.2) is 53.6 Å². The van der Waals surface area contributed by atoms with Gasteiger partial charge in [-0.05, 0) is 51.8 Å². The number of hydrogen-bond acceptors (Lipinski definition) is 4. The second-order valence-electron chi connectivity index (χ2n) is 8.93. The number of amides is 2. The van der Waals surface area contributed by atoms with Crippen molar-refractivity contribution in [3.05, 3.63) is 60.2 Å². The second kappa shape index (κ2) is 9.86. The monoisotopic (exact) mass is 424 g/mol. The zero-order chi connectivity index (χ0) is 22.4. The van der Waals surface area contributed by atoms with Gasteiger partial charge in [0.2, 0.25) is 5.91 Å². The van der Waals surface area contributed by atoms with E-state index in [0.717, 1.165) is 24.2 Å². The molecule has 0 spiro atoms. The van der Waals surface area contributed by atoms with Crippen LogP contribution in [-0.2, 0) is 16.0 Å². The number of ether oxygens (including phenoxy) is 2. The number of likely N-dealkylation sites (N-methyl/N-ethyl adjacent to an activating group) is 1. The SMILES string of the molecule is CN(C(=O)Cc1ccccc1Oc1ccccc1)C1CCCN(C(=O)OC(C)(C)C)C1. The lowest BCUT2D eigenvalue weighted by molar-refractivity contribution is -0.132. The first-order chi connectivity index (χ1) is 14.7. The average molecular weight is 425 g/mol. The van der Waals surface area contributed by atoms with Crippen LogP contribution in [0.2, 0.25) is 0 Å². The number of para-hydroxylation sites is 2. The van der Waals surface area contributed by atoms with Crippen molar-refractivity contribution < 1.29 is 19.1 Å². The molecule has 2 aromatic carbocycles. The van der Waals surface area contributed by atoms with Gasteiger partial charge in [-0.15, -0.1) is 0 Å². The van der Waals surface area contributed by atoms with Crippen LogP contribution >= 0.6 is 0 Å². The summed E-state index contributed by atoms with van der Waals surface area (Å²) in [6, 6.07) is 17.1. The van der Waals surface area contributed by atoms with Crippen molar-refractivity contribution in [1.29, 1.82) is 0 Å². The largest absolute Gasteiger partial charge is 0.457 e. The van der Waals surface area contributed by atoms with Crippen molar-refractivity contribution in [3.8, 4) is 11.5 Å². The number of piperidine rings is 1. The number of likely N-dealkylation sites (tertiary alicyclic amines) is 1. The lowest BCUT2D eigenvalue weighted by atomic mass is 10.0. The zero-order valence-corrected chi connectivity index (χ0v) is 18.8. The van der Waals surface area contributed by atoms with Gasteiger partial charge in [0.05, 0.1) is 6.42 Å². The molecule has 166 valence electrons. The summed E-state index contributed by atoms with van der Waals surface area (Å²) in [6.07, 6.45) is 1.63. The number of carbonyl (C=O) groups is 2. The maximum atomic E-state index is 13.1. The first-order valence-electron chi connectivity index (χ1n) is 10.8. The van der Waals surface area contributed by atoms with Gasteiger partial charge in [0.1, 0.15) is 17.1 Å². The zero-order valence-electron chi connectivity index (χ0n) is 18.8. The molecule has 1 fully saturated rings. The highest BCUT2D eigenvalue weighted by atomic mass is 16.6. The Hall–Kier alpha value is -3.02. The van der Waals surface area contributed by atoms with Crippen LogP contribution in [0.3, 0.4) is 0 Å². The number of hydrogen-bond donors (Lipinski definition) is 0. The summed E-state index contributed by atoms with van der Waals surface area (Å²) in [5, 5.41) is 0. The van der Waals surface area contributed by atoms with Gasteiger partial charge in [0.25, 0.3) is 0 Å². The first-order valence-corrected chi connectivity index (χ1v) is 10.8. The standard InChI is InChI=1S/C25H32N2O4/c1-25(2,3)31-24(29)27-16-10-12-20(18-27)26(4)23(28)17-19-11-8-9-15-22(19)30-21-13-6-5-7-14-21/h5-9,11,13-15,20H,10,12,16-18H2,1-4H3. The van der Waals surface area contributed by atoms with Crippen LogP contribution in [0.25, 0.3) is 0 Å². The molecule has 2 amide bonds. The number of carbonyl (C=O) groups excluding carboxylic acids is 2. The molecule has 0 radical (unpaired) electrons. The van der Waals surface area contributed by atoms with Gasteiger partial charge < -0.3 is 19.3 Å². The Bertz CT molecular complexity index is 892. The third-order valence-electron chi connectivity index (χ3n) is 5.27. The molecule has 0 aliphatic carbocycles. The summed E-state index contributed by atoms with van der Waals surface area (Å²) in [5.41, 5.74) is 0.303. The van der Waals surface area contributed by atoms with Gasteiger partial charge in [0.15, 0.2) is 0 Å². The summed E-state index contributed by atoms with van der Waals surface area (Å²) in [7, 11) is 1.81. The molecule has 6 nitrogen and oxygen atoms in total. The molecule has 0 N–H and O–H groups in total. The van der Waals surface area contributed by atoms with E-state index in [1.807, 2.05) is 82.4 Å². The fourth-order valence-electron chi connectivity index (χ4n) is 3.62. The van der Waals surface area contributed by atoms with E-state index in [-0.39, 0.29) is 24.5 Å². The molecule has 0 bridgehead atoms. The Morgan fingerprint density at radius 3 is 2.45 bits per heavy atom. The molecular formula is C25H32N2O4. The lowest BCUT2D eigenvalue weighted by Gasteiger charge is -2.38. The molecule has 1 unspecified atom stereocenters. The van der Waals surface area contributed by atoms with Crippen molar-refractivity contribution in [2.24, 2.45) is 0 Å². The van der Waals surface area contributed by atoms with Gasteiger partial charge in [-0.25, -0.2) is 4.79 Å². The predicted molar refractivity (Wildman–Crippen MR) is 120 cm³/mol. The van der Waals surface area contributed by atoms with Crippen molar-refractivity contribution >= 4 is 12.0 Å². The maximum Gasteiger partial charge on any atom is 0.410 e. The first kappa shape index (κ1) is 22.7. The van der Waals surface area contributed by atoms with E-state index < -0.39 is 5.60 Å². The average Bonchev–Trinajstić information content (AvgIpc) is 2.74. The van der Waals surface area contributed by atoms with Gasteiger partial charge in [-0.1, -0.05) is 36.4 Å². The van der Waals surface area contributed by atoms with Crippen LogP contribution in [0.5, 0.6) is 11.5 Å². The third kappa shape index (κ3) is 6.48. The smallest absolute Gasteiger partial charge is 0.410 e. The lowest BCUT2D eigenvalue weighted by Crippen LogP contribution is -2.51. The molecule has 0 aromatic heterocycles. The molecular weight excluding hydrogens is 392 g/mol. The third-order valence-corrected chi connectivity index (χ3v) is 5.27. The van der Waals surface area contributed by atoms with Crippen LogP contribution in [0, 0.1) is 0 Å². The van der Waals surface area contributed by atoms with Crippen molar-refractivity contribution in [2.45, 2.75) is 51.7 Å². The summed E-state index contributed by atoms with van der Waals surface area (Å²) in [6.45, 7) is 6.71. The molecule has 0 saturated carbocycles. The summed E-state index contributed by atoms with van der Waals surface area (Å²) >= 11 is 0. The van der Waals surface area contributed by atoms with E-state index in [1.54, 1.807) is 9.80 Å². The molecule has 1 aliphatic heterocycles. The molecule has 6 heteroatoms. The highest BCUT2D eigenvalue weighted by Gasteiger charge is 2.31. The maximum absolute atomic E-state index is 13.1. The minimum Gasteiger partial charge on any atom is -0.457 e. The van der Waals surface area contributed by atoms with Crippen molar-refractivity contribution in [3.63, 3.8) is 0 Å². The molecule has 31 heavy (non-hydrogen) atoms. The summed E-state index contributed by atoms with van der Waals surface area (Å²) < 4.78 is 11.5. The summed E-state index contributed by atoms with van der Waals surface area (Å²) in [5.74, 6) is 1.41. The van der Waals surface area contributed by atoms with Gasteiger partial charge in [-0.3, -0.25) is 4.79 Å². The van der Waals surface area contributed by atoms with E-state index in [2.05, 4.69) is 0 Å². The fourth-order valence-corrected chi connectivity index (χ4v) is 3.62. The Balaban J connectivity index is 1.64. The Morgan fingerprint density at radius 1 is 1.06 bits per heavy atom. The highest BCUT2D eigenvalue weighted by Crippen LogP contribution is 2.26. The van der Waals surface area contributed by atoms with Gasteiger partial charge in [0, 0.05) is 31.7 Å². The Morgan fingerprint density at radius 2 is 1.74 bits per heavy atom. The van der Waals surface area contributed by atoms with E-state index in [4.69, 9.17) is 9.47 Å². The molecule has 1 atom stereocenters. The molecule has 1 heterocycles. The van der Waals surface area contributed by atoms with E-state index >= 15 is 0 Å². The van der Waals surface area contributed by atoms with Crippen molar-refractivity contribution in [2.75, 3.05) is 20.1 Å². The topological polar surface area (TPSA) is 59.1 Å². The van der Waals surface area contributed by atoms with E-state index in [1.165, 1.54) is 0 Å².